The van der Waals surface area contributed by atoms with Crippen molar-refractivity contribution in [2.75, 3.05) is 7.11 Å². The van der Waals surface area contributed by atoms with E-state index in [0.717, 1.165) is 11.3 Å². The highest BCUT2D eigenvalue weighted by Crippen LogP contribution is 2.40. The van der Waals surface area contributed by atoms with Gasteiger partial charge in [0.15, 0.2) is 0 Å². The predicted molar refractivity (Wildman–Crippen MR) is 84.9 cm³/mol. The molecule has 2 aromatic rings. The van der Waals surface area contributed by atoms with Crippen molar-refractivity contribution in [3.8, 4) is 0 Å². The van der Waals surface area contributed by atoms with E-state index in [1.807, 2.05) is 0 Å². The molecule has 2 heterocycles. The van der Waals surface area contributed by atoms with Gasteiger partial charge in [-0.05, 0) is 0 Å². The zero-order valence-electron chi connectivity index (χ0n) is 11.2. The zero-order chi connectivity index (χ0) is 16.3. The summed E-state index contributed by atoms with van der Waals surface area (Å²) >= 11 is 18.6. The number of aromatic nitrogens is 2. The summed E-state index contributed by atoms with van der Waals surface area (Å²) in [6, 6.07) is -0.906. The molecule has 1 atom stereocenters. The average Bonchev–Trinajstić information content (AvgIpc) is 3.10. The van der Waals surface area contributed by atoms with Gasteiger partial charge in [-0.1, -0.05) is 34.8 Å². The fourth-order valence-electron chi connectivity index (χ4n) is 1.68. The van der Waals surface area contributed by atoms with Gasteiger partial charge in [0.25, 0.3) is 5.91 Å². The monoisotopic (exact) mass is 381 g/mol. The first kappa shape index (κ1) is 17.1. The largest absolute Gasteiger partial charge is 0.467 e. The van der Waals surface area contributed by atoms with E-state index < -0.39 is 17.9 Å². The van der Waals surface area contributed by atoms with Gasteiger partial charge < -0.3 is 15.0 Å². The summed E-state index contributed by atoms with van der Waals surface area (Å²) in [5, 5.41) is 2.71. The van der Waals surface area contributed by atoms with Crippen molar-refractivity contribution in [3.63, 3.8) is 0 Å². The Bertz CT molecular complexity index is 687. The molecule has 0 aliphatic rings. The van der Waals surface area contributed by atoms with Crippen LogP contribution in [0.2, 0.25) is 14.4 Å². The molecular weight excluding hydrogens is 373 g/mol. The number of amides is 1. The number of H-pyrrole nitrogens is 1. The van der Waals surface area contributed by atoms with Crippen molar-refractivity contribution in [1.82, 2.24) is 15.3 Å². The Kier molecular flexibility index (Phi) is 5.69. The van der Waals surface area contributed by atoms with Crippen LogP contribution in [0.25, 0.3) is 0 Å². The lowest BCUT2D eigenvalue weighted by atomic mass is 10.1. The number of ether oxygens (including phenoxy) is 1. The van der Waals surface area contributed by atoms with Crippen LogP contribution in [0.4, 0.5) is 0 Å². The Labute approximate surface area is 144 Å². The number of halogens is 3. The van der Waals surface area contributed by atoms with E-state index in [2.05, 4.69) is 20.0 Å². The van der Waals surface area contributed by atoms with Crippen molar-refractivity contribution >= 4 is 58.0 Å². The maximum Gasteiger partial charge on any atom is 0.328 e. The molecule has 2 N–H and O–H groups in total. The number of carbonyl (C=O) groups excluding carboxylic acids is 2. The maximum absolute atomic E-state index is 12.3. The summed E-state index contributed by atoms with van der Waals surface area (Å²) in [5.74, 6) is -1.16. The predicted octanol–water partition coefficient (Wildman–Crippen LogP) is 2.95. The summed E-state index contributed by atoms with van der Waals surface area (Å²) in [4.78, 5) is 31.0. The van der Waals surface area contributed by atoms with E-state index in [0.29, 0.717) is 5.69 Å². The number of aromatic amines is 1. The first-order valence-corrected chi connectivity index (χ1v) is 7.88. The van der Waals surface area contributed by atoms with E-state index in [9.17, 15) is 9.59 Å². The van der Waals surface area contributed by atoms with Gasteiger partial charge >= 0.3 is 5.97 Å². The van der Waals surface area contributed by atoms with Crippen LogP contribution in [0.1, 0.15) is 15.4 Å². The van der Waals surface area contributed by atoms with E-state index in [4.69, 9.17) is 34.8 Å². The molecule has 22 heavy (non-hydrogen) atoms. The summed E-state index contributed by atoms with van der Waals surface area (Å²) < 4.78 is 4.89. The number of esters is 1. The molecule has 2 rings (SSSR count). The number of imidazole rings is 1. The van der Waals surface area contributed by atoms with Crippen molar-refractivity contribution in [1.29, 1.82) is 0 Å². The number of hydrogen-bond acceptors (Lipinski definition) is 5. The van der Waals surface area contributed by atoms with Gasteiger partial charge in [0.05, 0.1) is 29.2 Å². The molecule has 1 amide bonds. The third-order valence-corrected chi connectivity index (χ3v) is 5.29. The molecule has 0 aliphatic heterocycles. The summed E-state index contributed by atoms with van der Waals surface area (Å²) in [6.45, 7) is 0. The molecule has 0 aliphatic carbocycles. The van der Waals surface area contributed by atoms with Gasteiger partial charge in [-0.25, -0.2) is 9.78 Å². The molecule has 0 fully saturated rings. The Hall–Kier alpha value is -1.28. The SMILES string of the molecule is COC(=O)C(Cc1c[nH]cn1)NC(=O)c1sc(Cl)c(Cl)c1Cl. The molecule has 1 unspecified atom stereocenters. The Morgan fingerprint density at radius 1 is 1.41 bits per heavy atom. The van der Waals surface area contributed by atoms with Crippen LogP contribution >= 0.6 is 46.1 Å². The van der Waals surface area contributed by atoms with Crippen molar-refractivity contribution in [2.45, 2.75) is 12.5 Å². The van der Waals surface area contributed by atoms with Crippen LogP contribution in [0.15, 0.2) is 12.5 Å². The van der Waals surface area contributed by atoms with Crippen LogP contribution in [-0.2, 0) is 16.0 Å². The second-order valence-electron chi connectivity index (χ2n) is 4.15. The van der Waals surface area contributed by atoms with E-state index in [1.165, 1.54) is 13.4 Å². The molecule has 0 spiro atoms. The minimum absolute atomic E-state index is 0.0533. The number of nitrogens with one attached hydrogen (secondary N) is 2. The second kappa shape index (κ2) is 7.32. The van der Waals surface area contributed by atoms with Gasteiger partial charge in [-0.3, -0.25) is 4.79 Å². The third-order valence-electron chi connectivity index (χ3n) is 2.72. The summed E-state index contributed by atoms with van der Waals surface area (Å²) in [5.41, 5.74) is 0.601. The van der Waals surface area contributed by atoms with Crippen LogP contribution in [0.5, 0.6) is 0 Å². The van der Waals surface area contributed by atoms with Crippen molar-refractivity contribution in [3.05, 3.63) is 37.5 Å². The number of rotatable bonds is 5. The lowest BCUT2D eigenvalue weighted by molar-refractivity contribution is -0.142. The second-order valence-corrected chi connectivity index (χ2v) is 6.53. The number of carbonyl (C=O) groups is 2. The van der Waals surface area contributed by atoms with Gasteiger partial charge in [0.2, 0.25) is 0 Å². The van der Waals surface area contributed by atoms with E-state index >= 15 is 0 Å². The first-order valence-electron chi connectivity index (χ1n) is 5.93. The van der Waals surface area contributed by atoms with Crippen LogP contribution in [0, 0.1) is 0 Å². The minimum atomic E-state index is -0.906. The molecule has 0 radical (unpaired) electrons. The molecule has 0 saturated carbocycles. The zero-order valence-corrected chi connectivity index (χ0v) is 14.2. The molecule has 2 aromatic heterocycles. The van der Waals surface area contributed by atoms with Crippen LogP contribution < -0.4 is 5.32 Å². The Morgan fingerprint density at radius 3 is 2.64 bits per heavy atom. The highest BCUT2D eigenvalue weighted by molar-refractivity contribution is 7.19. The van der Waals surface area contributed by atoms with Crippen molar-refractivity contribution in [2.24, 2.45) is 0 Å². The maximum atomic E-state index is 12.3. The minimum Gasteiger partial charge on any atom is -0.467 e. The smallest absolute Gasteiger partial charge is 0.328 e. The molecule has 10 heteroatoms. The summed E-state index contributed by atoms with van der Waals surface area (Å²) in [7, 11) is 1.23. The highest BCUT2D eigenvalue weighted by Gasteiger charge is 2.26. The lowest BCUT2D eigenvalue weighted by Crippen LogP contribution is -2.43. The normalized spacial score (nSPS) is 12.0. The lowest BCUT2D eigenvalue weighted by Gasteiger charge is -2.15. The summed E-state index contributed by atoms with van der Waals surface area (Å²) in [6.07, 6.45) is 3.27. The topological polar surface area (TPSA) is 84.1 Å². The fourth-order valence-corrected chi connectivity index (χ4v) is 3.39. The van der Waals surface area contributed by atoms with Crippen LogP contribution in [-0.4, -0.2) is 35.0 Å². The molecule has 0 bridgehead atoms. The molecular formula is C12H10Cl3N3O3S. The molecule has 118 valence electrons. The number of methoxy groups -OCH3 is 1. The molecule has 6 nitrogen and oxygen atoms in total. The fraction of sp³-hybridized carbons (Fsp3) is 0.250. The highest BCUT2D eigenvalue weighted by atomic mass is 35.5. The quantitative estimate of drug-likeness (QED) is 0.779. The van der Waals surface area contributed by atoms with Crippen molar-refractivity contribution < 1.29 is 14.3 Å². The number of thiophene rings is 1. The molecule has 0 saturated heterocycles. The van der Waals surface area contributed by atoms with Gasteiger partial charge in [0, 0.05) is 12.6 Å². The van der Waals surface area contributed by atoms with E-state index in [1.54, 1.807) is 6.20 Å². The average molecular weight is 383 g/mol. The standard InChI is InChI=1S/C12H10Cl3N3O3S/c1-21-12(20)6(2-5-3-16-4-17-5)18-11(19)9-7(13)8(14)10(15)22-9/h3-4,6H,2H2,1H3,(H,16,17)(H,18,19). The van der Waals surface area contributed by atoms with Crippen LogP contribution in [0.3, 0.4) is 0 Å². The van der Waals surface area contributed by atoms with Gasteiger partial charge in [0.1, 0.15) is 15.3 Å². The van der Waals surface area contributed by atoms with Gasteiger partial charge in [-0.2, -0.15) is 0 Å². The van der Waals surface area contributed by atoms with E-state index in [-0.39, 0.29) is 25.7 Å². The number of hydrogen-bond donors (Lipinski definition) is 2. The van der Waals surface area contributed by atoms with Gasteiger partial charge in [-0.15, -0.1) is 11.3 Å². The molecule has 0 aromatic carbocycles. The Morgan fingerprint density at radius 2 is 2.14 bits per heavy atom. The third kappa shape index (κ3) is 3.73. The Balaban J connectivity index is 2.17. The first-order chi connectivity index (χ1) is 10.4. The number of nitrogens with zero attached hydrogens (tertiary/aromatic N) is 1.